The summed E-state index contributed by atoms with van der Waals surface area (Å²) in [7, 11) is -3.83. The minimum atomic E-state index is -3.83. The van der Waals surface area contributed by atoms with E-state index in [4.69, 9.17) is 0 Å². The summed E-state index contributed by atoms with van der Waals surface area (Å²) in [5, 5.41) is 20.5. The van der Waals surface area contributed by atoms with Gasteiger partial charge in [-0.3, -0.25) is 0 Å². The fraction of sp³-hybridized carbons (Fsp3) is 0.435. The summed E-state index contributed by atoms with van der Waals surface area (Å²) in [4.78, 5) is 10.6. The summed E-state index contributed by atoms with van der Waals surface area (Å²) in [6, 6.07) is 11.0. The minimum absolute atomic E-state index is 0. The molecule has 0 aromatic heterocycles. The molecule has 0 amide bonds. The first-order valence-electron chi connectivity index (χ1n) is 10.6. The van der Waals surface area contributed by atoms with Crippen LogP contribution in [0.25, 0.3) is 0 Å². The molecule has 0 radical (unpaired) electrons. The molecule has 1 saturated heterocycles. The fourth-order valence-corrected chi connectivity index (χ4v) is 6.01. The van der Waals surface area contributed by atoms with Gasteiger partial charge in [-0.15, -0.1) is 0 Å². The number of carbonyl (C=O) groups is 1. The third kappa shape index (κ3) is 6.78. The number of aromatic hydroxyl groups is 1. The molecule has 9 heteroatoms. The number of carboxylic acids is 1. The van der Waals surface area contributed by atoms with Gasteiger partial charge in [0.05, 0.1) is 10.9 Å². The van der Waals surface area contributed by atoms with E-state index in [0.717, 1.165) is 43.4 Å². The van der Waals surface area contributed by atoms with E-state index < -0.39 is 27.9 Å². The molecule has 0 aliphatic carbocycles. The quantitative estimate of drug-likeness (QED) is 0.399. The average Bonchev–Trinajstić information content (AvgIpc) is 3.15. The standard InChI is InChI=1S/C23H28FNO5S.Na/c24-19-10-12-21(13-11-19)31(29,30)25-15-14-17(6-3-1-2-4-9-22(27)28)23(25)18-7-5-8-20(26)16-18;/h5,7-8,10-13,16-17,23,26H,1-4,6,9,14-15H2,(H,27,28);/q;+1/p-1/t17-,23+;/m1./s1. The van der Waals surface area contributed by atoms with Crippen molar-refractivity contribution in [1.82, 2.24) is 4.31 Å². The van der Waals surface area contributed by atoms with Crippen LogP contribution in [0.3, 0.4) is 0 Å². The summed E-state index contributed by atoms with van der Waals surface area (Å²) in [5.74, 6) is -1.40. The maximum Gasteiger partial charge on any atom is 1.00 e. The topological polar surface area (TPSA) is 97.7 Å². The molecule has 3 rings (SSSR count). The van der Waals surface area contributed by atoms with Crippen molar-refractivity contribution < 1.29 is 57.4 Å². The van der Waals surface area contributed by atoms with Crippen LogP contribution in [-0.4, -0.2) is 30.3 Å². The van der Waals surface area contributed by atoms with Crippen LogP contribution in [0.4, 0.5) is 4.39 Å². The Morgan fingerprint density at radius 3 is 2.44 bits per heavy atom. The van der Waals surface area contributed by atoms with Gasteiger partial charge in [-0.1, -0.05) is 31.4 Å². The zero-order chi connectivity index (χ0) is 22.4. The van der Waals surface area contributed by atoms with Crippen molar-refractivity contribution in [2.45, 2.75) is 55.9 Å². The zero-order valence-electron chi connectivity index (χ0n) is 18.2. The number of hydrogen-bond acceptors (Lipinski definition) is 5. The molecular weight excluding hydrogens is 444 g/mol. The second kappa shape index (κ2) is 12.1. The Kier molecular flexibility index (Phi) is 10.2. The van der Waals surface area contributed by atoms with Gasteiger partial charge in [0.25, 0.3) is 0 Å². The Bertz CT molecular complexity index is 1000. The number of rotatable bonds is 10. The van der Waals surface area contributed by atoms with E-state index in [1.54, 1.807) is 18.2 Å². The number of carboxylic acid groups (broad SMARTS) is 1. The van der Waals surface area contributed by atoms with Gasteiger partial charge in [0.1, 0.15) is 11.6 Å². The molecule has 168 valence electrons. The first-order chi connectivity index (χ1) is 14.8. The van der Waals surface area contributed by atoms with Crippen LogP contribution in [0.5, 0.6) is 5.75 Å². The SMILES string of the molecule is O=C([O-])CCCCCC[C@@H]1CCN(S(=O)(=O)c2ccc(F)cc2)[C@@H]1c1cccc(O)c1.[Na+]. The van der Waals surface area contributed by atoms with Crippen LogP contribution >= 0.6 is 0 Å². The first kappa shape index (κ1) is 26.8. The van der Waals surface area contributed by atoms with E-state index >= 15 is 0 Å². The monoisotopic (exact) mass is 471 g/mol. The van der Waals surface area contributed by atoms with E-state index in [2.05, 4.69) is 0 Å². The Morgan fingerprint density at radius 1 is 1.09 bits per heavy atom. The number of sulfonamides is 1. The van der Waals surface area contributed by atoms with Crippen LogP contribution in [-0.2, 0) is 14.8 Å². The third-order valence-electron chi connectivity index (χ3n) is 5.81. The molecule has 1 N–H and O–H groups in total. The number of phenols is 1. The zero-order valence-corrected chi connectivity index (χ0v) is 21.1. The van der Waals surface area contributed by atoms with Crippen molar-refractivity contribution in [1.29, 1.82) is 0 Å². The van der Waals surface area contributed by atoms with Gasteiger partial charge in [0.2, 0.25) is 10.0 Å². The van der Waals surface area contributed by atoms with Gasteiger partial charge >= 0.3 is 29.6 Å². The Morgan fingerprint density at radius 2 is 1.78 bits per heavy atom. The number of benzene rings is 2. The van der Waals surface area contributed by atoms with Crippen LogP contribution in [0, 0.1) is 11.7 Å². The molecule has 1 aliphatic rings. The van der Waals surface area contributed by atoms with Crippen molar-refractivity contribution in [3.8, 4) is 5.75 Å². The molecule has 6 nitrogen and oxygen atoms in total. The second-order valence-corrected chi connectivity index (χ2v) is 9.87. The number of phenolic OH excluding ortho intramolecular Hbond substituents is 1. The van der Waals surface area contributed by atoms with Crippen molar-refractivity contribution in [2.24, 2.45) is 5.92 Å². The third-order valence-corrected chi connectivity index (χ3v) is 7.71. The van der Waals surface area contributed by atoms with Gasteiger partial charge in [0, 0.05) is 12.5 Å². The predicted molar refractivity (Wildman–Crippen MR) is 112 cm³/mol. The summed E-state index contributed by atoms with van der Waals surface area (Å²) in [5.41, 5.74) is 0.727. The summed E-state index contributed by atoms with van der Waals surface area (Å²) in [6.45, 7) is 0.343. The van der Waals surface area contributed by atoms with Crippen LogP contribution in [0.2, 0.25) is 0 Å². The molecule has 1 heterocycles. The largest absolute Gasteiger partial charge is 1.00 e. The molecule has 0 unspecified atom stereocenters. The van der Waals surface area contributed by atoms with Crippen LogP contribution < -0.4 is 34.7 Å². The molecule has 1 aliphatic heterocycles. The Hall–Kier alpha value is -1.45. The Balaban J connectivity index is 0.00000363. The van der Waals surface area contributed by atoms with Crippen molar-refractivity contribution >= 4 is 16.0 Å². The average molecular weight is 472 g/mol. The predicted octanol–water partition coefficient (Wildman–Crippen LogP) is 0.378. The number of unbranched alkanes of at least 4 members (excludes halogenated alkanes) is 3. The maximum absolute atomic E-state index is 13.3. The smallest absolute Gasteiger partial charge is 0.550 e. The van der Waals surface area contributed by atoms with Gasteiger partial charge in [-0.2, -0.15) is 4.31 Å². The van der Waals surface area contributed by atoms with Crippen LogP contribution in [0.15, 0.2) is 53.4 Å². The molecule has 1 fully saturated rings. The molecule has 0 bridgehead atoms. The second-order valence-electron chi connectivity index (χ2n) is 7.98. The van der Waals surface area contributed by atoms with Crippen molar-refractivity contribution in [3.05, 3.63) is 59.9 Å². The molecule has 2 atom stereocenters. The van der Waals surface area contributed by atoms with Gasteiger partial charge in [0.15, 0.2) is 0 Å². The Labute approximate surface area is 210 Å². The van der Waals surface area contributed by atoms with Gasteiger partial charge in [-0.05, 0) is 73.6 Å². The summed E-state index contributed by atoms with van der Waals surface area (Å²) >= 11 is 0. The first-order valence-corrected chi connectivity index (χ1v) is 12.0. The number of carbonyl (C=O) groups excluding carboxylic acids is 1. The molecule has 0 saturated carbocycles. The van der Waals surface area contributed by atoms with Crippen molar-refractivity contribution in [2.75, 3.05) is 6.54 Å². The molecule has 0 spiro atoms. The molecular formula is C23H27FNNaO5S. The van der Waals surface area contributed by atoms with Gasteiger partial charge < -0.3 is 15.0 Å². The molecule has 2 aromatic carbocycles. The number of nitrogens with zero attached hydrogens (tertiary/aromatic N) is 1. The minimum Gasteiger partial charge on any atom is -0.550 e. The maximum atomic E-state index is 13.3. The fourth-order valence-electron chi connectivity index (χ4n) is 4.32. The summed E-state index contributed by atoms with van der Waals surface area (Å²) in [6.07, 6.45) is 4.61. The van der Waals surface area contributed by atoms with E-state index in [0.29, 0.717) is 19.4 Å². The van der Waals surface area contributed by atoms with E-state index in [1.807, 2.05) is 6.07 Å². The number of aliphatic carboxylic acids is 1. The van der Waals surface area contributed by atoms with Crippen LogP contribution in [0.1, 0.15) is 56.6 Å². The van der Waals surface area contributed by atoms with E-state index in [9.17, 15) is 27.8 Å². The van der Waals surface area contributed by atoms with Gasteiger partial charge in [-0.25, -0.2) is 12.8 Å². The van der Waals surface area contributed by atoms with E-state index in [-0.39, 0.29) is 52.5 Å². The summed E-state index contributed by atoms with van der Waals surface area (Å²) < 4.78 is 41.4. The number of halogens is 1. The van der Waals surface area contributed by atoms with Crippen molar-refractivity contribution in [3.63, 3.8) is 0 Å². The number of hydrogen-bond donors (Lipinski definition) is 1. The normalized spacial score (nSPS) is 18.9. The molecule has 2 aromatic rings. The van der Waals surface area contributed by atoms with E-state index in [1.165, 1.54) is 16.4 Å². The molecule has 32 heavy (non-hydrogen) atoms.